The molecule has 0 radical (unpaired) electrons. The lowest BCUT2D eigenvalue weighted by Gasteiger charge is -2.08. The van der Waals surface area contributed by atoms with Crippen molar-refractivity contribution in [2.24, 2.45) is 7.05 Å². The fourth-order valence-corrected chi connectivity index (χ4v) is 2.92. The van der Waals surface area contributed by atoms with E-state index in [1.54, 1.807) is 11.3 Å². The van der Waals surface area contributed by atoms with Gasteiger partial charge in [0, 0.05) is 26.3 Å². The molecule has 0 aliphatic carbocycles. The fourth-order valence-electron chi connectivity index (χ4n) is 2.15. The first kappa shape index (κ1) is 13.8. The smallest absolute Gasteiger partial charge is 0.226 e. The SMILES string of the molecule is CCNc1nc(NCCc2cnn(C)c2)c2ccsc2n1. The lowest BCUT2D eigenvalue weighted by Crippen LogP contribution is -2.09. The van der Waals surface area contributed by atoms with Crippen molar-refractivity contribution < 1.29 is 0 Å². The minimum Gasteiger partial charge on any atom is -0.369 e. The van der Waals surface area contributed by atoms with Gasteiger partial charge in [0.25, 0.3) is 0 Å². The summed E-state index contributed by atoms with van der Waals surface area (Å²) in [6, 6.07) is 2.06. The maximum atomic E-state index is 4.55. The van der Waals surface area contributed by atoms with Crippen molar-refractivity contribution in [2.75, 3.05) is 23.7 Å². The summed E-state index contributed by atoms with van der Waals surface area (Å²) >= 11 is 1.63. The largest absolute Gasteiger partial charge is 0.369 e. The minimum absolute atomic E-state index is 0.677. The maximum Gasteiger partial charge on any atom is 0.226 e. The van der Waals surface area contributed by atoms with Crippen molar-refractivity contribution in [2.45, 2.75) is 13.3 Å². The molecule has 0 saturated carbocycles. The van der Waals surface area contributed by atoms with Gasteiger partial charge in [0.2, 0.25) is 5.95 Å². The first-order chi connectivity index (χ1) is 10.3. The van der Waals surface area contributed by atoms with Crippen LogP contribution in [0.1, 0.15) is 12.5 Å². The summed E-state index contributed by atoms with van der Waals surface area (Å²) in [4.78, 5) is 10.1. The van der Waals surface area contributed by atoms with Gasteiger partial charge in [0.05, 0.1) is 11.6 Å². The van der Waals surface area contributed by atoms with Gasteiger partial charge in [-0.2, -0.15) is 10.1 Å². The van der Waals surface area contributed by atoms with Crippen LogP contribution in [0.15, 0.2) is 23.8 Å². The molecule has 0 saturated heterocycles. The van der Waals surface area contributed by atoms with E-state index >= 15 is 0 Å². The molecule has 6 nitrogen and oxygen atoms in total. The molecule has 3 aromatic rings. The van der Waals surface area contributed by atoms with Gasteiger partial charge < -0.3 is 10.6 Å². The second-order valence-electron chi connectivity index (χ2n) is 4.76. The molecule has 0 bridgehead atoms. The first-order valence-corrected chi connectivity index (χ1v) is 7.84. The number of nitrogens with one attached hydrogen (secondary N) is 2. The van der Waals surface area contributed by atoms with Gasteiger partial charge in [-0.3, -0.25) is 4.68 Å². The lowest BCUT2D eigenvalue weighted by atomic mass is 10.2. The Kier molecular flexibility index (Phi) is 4.01. The Morgan fingerprint density at radius 3 is 2.95 bits per heavy atom. The Labute approximate surface area is 127 Å². The van der Waals surface area contributed by atoms with E-state index < -0.39 is 0 Å². The van der Waals surface area contributed by atoms with Gasteiger partial charge in [-0.25, -0.2) is 4.98 Å². The molecule has 7 heteroatoms. The van der Waals surface area contributed by atoms with E-state index in [0.29, 0.717) is 5.95 Å². The van der Waals surface area contributed by atoms with E-state index in [0.717, 1.165) is 35.5 Å². The van der Waals surface area contributed by atoms with Gasteiger partial charge in [-0.1, -0.05) is 0 Å². The highest BCUT2D eigenvalue weighted by Gasteiger charge is 2.08. The summed E-state index contributed by atoms with van der Waals surface area (Å²) in [5, 5.41) is 13.9. The van der Waals surface area contributed by atoms with E-state index in [9.17, 15) is 0 Å². The van der Waals surface area contributed by atoms with Crippen LogP contribution in [0.2, 0.25) is 0 Å². The molecular weight excluding hydrogens is 284 g/mol. The monoisotopic (exact) mass is 302 g/mol. The Morgan fingerprint density at radius 1 is 1.29 bits per heavy atom. The minimum atomic E-state index is 0.677. The van der Waals surface area contributed by atoms with Crippen molar-refractivity contribution in [3.63, 3.8) is 0 Å². The first-order valence-electron chi connectivity index (χ1n) is 6.96. The normalized spacial score (nSPS) is 11.0. The van der Waals surface area contributed by atoms with Crippen LogP contribution >= 0.6 is 11.3 Å². The second kappa shape index (κ2) is 6.09. The predicted molar refractivity (Wildman–Crippen MR) is 87.0 cm³/mol. The lowest BCUT2D eigenvalue weighted by molar-refractivity contribution is 0.767. The van der Waals surface area contributed by atoms with Crippen LogP contribution in [0, 0.1) is 0 Å². The molecule has 0 spiro atoms. The molecule has 0 aromatic carbocycles. The van der Waals surface area contributed by atoms with Crippen LogP contribution < -0.4 is 10.6 Å². The van der Waals surface area contributed by atoms with Crippen LogP contribution in [-0.4, -0.2) is 32.8 Å². The quantitative estimate of drug-likeness (QED) is 0.732. The molecule has 0 fully saturated rings. The van der Waals surface area contributed by atoms with Crippen LogP contribution in [0.25, 0.3) is 10.2 Å². The average molecular weight is 302 g/mol. The zero-order valence-corrected chi connectivity index (χ0v) is 12.9. The number of nitrogens with zero attached hydrogens (tertiary/aromatic N) is 4. The standard InChI is InChI=1S/C14H18N6S/c1-3-15-14-18-12(11-5-7-21-13(11)19-14)16-6-4-10-8-17-20(2)9-10/h5,7-9H,3-4,6H2,1-2H3,(H2,15,16,18,19). The van der Waals surface area contributed by atoms with Crippen LogP contribution in [0.5, 0.6) is 0 Å². The maximum absolute atomic E-state index is 4.55. The van der Waals surface area contributed by atoms with Gasteiger partial charge >= 0.3 is 0 Å². The summed E-state index contributed by atoms with van der Waals surface area (Å²) in [7, 11) is 1.93. The molecule has 0 aliphatic heterocycles. The number of thiophene rings is 1. The van der Waals surface area contributed by atoms with Gasteiger partial charge in [-0.05, 0) is 30.4 Å². The van der Waals surface area contributed by atoms with E-state index in [4.69, 9.17) is 0 Å². The Bertz CT molecular complexity index is 732. The Hall–Kier alpha value is -2.15. The van der Waals surface area contributed by atoms with Crippen molar-refractivity contribution >= 4 is 33.3 Å². The predicted octanol–water partition coefficient (Wildman–Crippen LogP) is 2.51. The van der Waals surface area contributed by atoms with Gasteiger partial charge in [0.1, 0.15) is 10.6 Å². The molecule has 3 aromatic heterocycles. The number of anilines is 2. The van der Waals surface area contributed by atoms with Crippen LogP contribution in [0.3, 0.4) is 0 Å². The summed E-state index contributed by atoms with van der Waals surface area (Å²) in [5.41, 5.74) is 1.22. The highest BCUT2D eigenvalue weighted by Crippen LogP contribution is 2.26. The Morgan fingerprint density at radius 2 is 2.19 bits per heavy atom. The topological polar surface area (TPSA) is 67.7 Å². The average Bonchev–Trinajstić information content (AvgIpc) is 3.08. The van der Waals surface area contributed by atoms with Crippen LogP contribution in [0.4, 0.5) is 11.8 Å². The van der Waals surface area contributed by atoms with Crippen molar-refractivity contribution in [1.29, 1.82) is 0 Å². The molecule has 0 atom stereocenters. The number of hydrogen-bond acceptors (Lipinski definition) is 6. The molecule has 21 heavy (non-hydrogen) atoms. The molecule has 2 N–H and O–H groups in total. The van der Waals surface area contributed by atoms with Gasteiger partial charge in [-0.15, -0.1) is 11.3 Å². The van der Waals surface area contributed by atoms with E-state index in [1.807, 2.05) is 36.4 Å². The molecular formula is C14H18N6S. The van der Waals surface area contributed by atoms with Gasteiger partial charge in [0.15, 0.2) is 0 Å². The third-order valence-corrected chi connectivity index (χ3v) is 3.93. The highest BCUT2D eigenvalue weighted by molar-refractivity contribution is 7.16. The summed E-state index contributed by atoms with van der Waals surface area (Å²) in [6.07, 6.45) is 4.85. The molecule has 0 aliphatic rings. The van der Waals surface area contributed by atoms with Crippen LogP contribution in [-0.2, 0) is 13.5 Å². The zero-order valence-electron chi connectivity index (χ0n) is 12.1. The number of fused-ring (bicyclic) bond motifs is 1. The summed E-state index contributed by atoms with van der Waals surface area (Å²) in [6.45, 7) is 3.67. The number of hydrogen-bond donors (Lipinski definition) is 2. The zero-order chi connectivity index (χ0) is 14.7. The number of rotatable bonds is 6. The van der Waals surface area contributed by atoms with E-state index in [2.05, 4.69) is 31.8 Å². The van der Waals surface area contributed by atoms with Crippen molar-refractivity contribution in [3.05, 3.63) is 29.4 Å². The Balaban J connectivity index is 1.74. The third-order valence-electron chi connectivity index (χ3n) is 3.12. The second-order valence-corrected chi connectivity index (χ2v) is 5.66. The fraction of sp³-hybridized carbons (Fsp3) is 0.357. The molecule has 0 unspecified atom stereocenters. The van der Waals surface area contributed by atoms with E-state index in [1.165, 1.54) is 5.56 Å². The van der Waals surface area contributed by atoms with Crippen molar-refractivity contribution in [1.82, 2.24) is 19.7 Å². The summed E-state index contributed by atoms with van der Waals surface area (Å²) < 4.78 is 1.82. The summed E-state index contributed by atoms with van der Waals surface area (Å²) in [5.74, 6) is 1.57. The van der Waals surface area contributed by atoms with Crippen molar-refractivity contribution in [3.8, 4) is 0 Å². The van der Waals surface area contributed by atoms with E-state index in [-0.39, 0.29) is 0 Å². The third kappa shape index (κ3) is 3.13. The molecule has 3 rings (SSSR count). The molecule has 3 heterocycles. The highest BCUT2D eigenvalue weighted by atomic mass is 32.1. The number of aryl methyl sites for hydroxylation is 1. The molecule has 0 amide bonds. The molecule has 110 valence electrons. The number of aromatic nitrogens is 4.